The minimum absolute atomic E-state index is 0. The van der Waals surface area contributed by atoms with Crippen molar-refractivity contribution in [3.8, 4) is 17.2 Å². The Morgan fingerprint density at radius 2 is 1.74 bits per heavy atom. The van der Waals surface area contributed by atoms with E-state index in [1.54, 1.807) is 0 Å². The number of esters is 1. The zero-order valence-electron chi connectivity index (χ0n) is 11.0. The van der Waals surface area contributed by atoms with Gasteiger partial charge in [0, 0.05) is 18.2 Å². The molecule has 0 fully saturated rings. The van der Waals surface area contributed by atoms with Gasteiger partial charge in [0.25, 0.3) is 0 Å². The number of rotatable bonds is 5. The first-order valence-corrected chi connectivity index (χ1v) is 5.30. The van der Waals surface area contributed by atoms with E-state index in [0.717, 1.165) is 0 Å². The summed E-state index contributed by atoms with van der Waals surface area (Å²) in [5.41, 5.74) is 6.45. The van der Waals surface area contributed by atoms with Crippen LogP contribution in [0.15, 0.2) is 12.1 Å². The Hall–Kier alpha value is -1.66. The summed E-state index contributed by atoms with van der Waals surface area (Å²) in [6.45, 7) is 0. The van der Waals surface area contributed by atoms with Crippen LogP contribution in [0.2, 0.25) is 0 Å². The maximum absolute atomic E-state index is 11.2. The fraction of sp³-hybridized carbons (Fsp3) is 0.417. The lowest BCUT2D eigenvalue weighted by atomic mass is 10.0. The number of phenolic OH excluding ortho intramolecular Hbond substituents is 1. The number of hydrogen-bond acceptors (Lipinski definition) is 6. The number of ether oxygens (including phenoxy) is 3. The largest absolute Gasteiger partial charge is 0.508 e. The van der Waals surface area contributed by atoms with E-state index in [9.17, 15) is 9.90 Å². The molecule has 7 heteroatoms. The van der Waals surface area contributed by atoms with Crippen LogP contribution in [0.1, 0.15) is 18.0 Å². The predicted octanol–water partition coefficient (Wildman–Crippen LogP) is 1.39. The van der Waals surface area contributed by atoms with Gasteiger partial charge in [0.1, 0.15) is 17.2 Å². The third kappa shape index (κ3) is 4.18. The van der Waals surface area contributed by atoms with Crippen molar-refractivity contribution in [2.45, 2.75) is 12.5 Å². The summed E-state index contributed by atoms with van der Waals surface area (Å²) in [4.78, 5) is 11.2. The Balaban J connectivity index is 0.00000324. The minimum atomic E-state index is -0.636. The topological polar surface area (TPSA) is 91.0 Å². The van der Waals surface area contributed by atoms with Gasteiger partial charge in [-0.25, -0.2) is 0 Å². The van der Waals surface area contributed by atoms with Crippen molar-refractivity contribution in [3.05, 3.63) is 17.7 Å². The molecule has 3 N–H and O–H groups in total. The van der Waals surface area contributed by atoms with Gasteiger partial charge in [0.2, 0.25) is 0 Å². The van der Waals surface area contributed by atoms with E-state index < -0.39 is 12.0 Å². The fourth-order valence-corrected chi connectivity index (χ4v) is 1.66. The number of halogens is 1. The summed E-state index contributed by atoms with van der Waals surface area (Å²) < 4.78 is 14.8. The van der Waals surface area contributed by atoms with Crippen molar-refractivity contribution in [2.75, 3.05) is 21.3 Å². The number of nitrogens with two attached hydrogens (primary N) is 1. The van der Waals surface area contributed by atoms with E-state index in [4.69, 9.17) is 15.2 Å². The average Bonchev–Trinajstić information content (AvgIpc) is 2.36. The van der Waals surface area contributed by atoms with Crippen LogP contribution in [-0.4, -0.2) is 32.4 Å². The summed E-state index contributed by atoms with van der Waals surface area (Å²) >= 11 is 0. The molecule has 0 aromatic heterocycles. The fourth-order valence-electron chi connectivity index (χ4n) is 1.66. The molecule has 1 aromatic carbocycles. The lowest BCUT2D eigenvalue weighted by Crippen LogP contribution is -2.18. The first-order valence-electron chi connectivity index (χ1n) is 5.30. The number of hydrogen-bond donors (Lipinski definition) is 2. The Morgan fingerprint density at radius 1 is 1.26 bits per heavy atom. The zero-order valence-corrected chi connectivity index (χ0v) is 11.8. The van der Waals surface area contributed by atoms with Gasteiger partial charge in [-0.2, -0.15) is 0 Å². The smallest absolute Gasteiger partial charge is 0.307 e. The van der Waals surface area contributed by atoms with Crippen molar-refractivity contribution in [1.82, 2.24) is 0 Å². The molecule has 0 amide bonds. The molecule has 6 nitrogen and oxygen atoms in total. The average molecular weight is 292 g/mol. The normalized spacial score (nSPS) is 11.2. The third-order valence-electron chi connectivity index (χ3n) is 2.51. The van der Waals surface area contributed by atoms with Gasteiger partial charge >= 0.3 is 5.97 Å². The van der Waals surface area contributed by atoms with Gasteiger partial charge in [0.15, 0.2) is 0 Å². The van der Waals surface area contributed by atoms with E-state index in [1.165, 1.54) is 33.5 Å². The molecule has 0 saturated carbocycles. The third-order valence-corrected chi connectivity index (χ3v) is 2.51. The highest BCUT2D eigenvalue weighted by atomic mass is 35.5. The van der Waals surface area contributed by atoms with Crippen LogP contribution >= 0.6 is 12.4 Å². The van der Waals surface area contributed by atoms with Crippen LogP contribution < -0.4 is 15.2 Å². The van der Waals surface area contributed by atoms with Crippen LogP contribution in [0.3, 0.4) is 0 Å². The molecule has 0 saturated heterocycles. The minimum Gasteiger partial charge on any atom is -0.508 e. The second kappa shape index (κ2) is 7.70. The van der Waals surface area contributed by atoms with Crippen molar-refractivity contribution in [1.29, 1.82) is 0 Å². The summed E-state index contributed by atoms with van der Waals surface area (Å²) in [5.74, 6) is 0.295. The molecule has 1 rings (SSSR count). The second-order valence-corrected chi connectivity index (χ2v) is 3.65. The maximum atomic E-state index is 11.2. The van der Waals surface area contributed by atoms with Crippen molar-refractivity contribution in [3.63, 3.8) is 0 Å². The Labute approximate surface area is 117 Å². The number of carbonyl (C=O) groups is 1. The monoisotopic (exact) mass is 291 g/mol. The van der Waals surface area contributed by atoms with Crippen LogP contribution in [0.25, 0.3) is 0 Å². The summed E-state index contributed by atoms with van der Waals surface area (Å²) in [5, 5.41) is 9.50. The Bertz CT molecular complexity index is 413. The van der Waals surface area contributed by atoms with E-state index in [1.807, 2.05) is 0 Å². The molecule has 0 bridgehead atoms. The highest BCUT2D eigenvalue weighted by Gasteiger charge is 2.21. The van der Waals surface area contributed by atoms with E-state index in [-0.39, 0.29) is 24.6 Å². The molecule has 0 spiro atoms. The molecule has 0 radical (unpaired) electrons. The van der Waals surface area contributed by atoms with Crippen LogP contribution in [-0.2, 0) is 9.53 Å². The number of phenols is 1. The quantitative estimate of drug-likeness (QED) is 0.797. The second-order valence-electron chi connectivity index (χ2n) is 3.65. The molecule has 1 atom stereocenters. The SMILES string of the molecule is COC(=O)C[C@H](N)c1c(OC)cc(O)cc1OC.Cl. The first kappa shape index (κ1) is 17.3. The van der Waals surface area contributed by atoms with Gasteiger partial charge in [-0.3, -0.25) is 4.79 Å². The van der Waals surface area contributed by atoms with E-state index in [0.29, 0.717) is 17.1 Å². The number of carbonyl (C=O) groups excluding carboxylic acids is 1. The van der Waals surface area contributed by atoms with E-state index in [2.05, 4.69) is 4.74 Å². The van der Waals surface area contributed by atoms with Gasteiger partial charge in [-0.05, 0) is 0 Å². The van der Waals surface area contributed by atoms with Gasteiger partial charge in [-0.15, -0.1) is 12.4 Å². The maximum Gasteiger partial charge on any atom is 0.307 e. The highest BCUT2D eigenvalue weighted by Crippen LogP contribution is 2.38. The van der Waals surface area contributed by atoms with Crippen molar-refractivity contribution < 1.29 is 24.1 Å². The van der Waals surface area contributed by atoms with Crippen molar-refractivity contribution >= 4 is 18.4 Å². The van der Waals surface area contributed by atoms with Gasteiger partial charge < -0.3 is 25.1 Å². The highest BCUT2D eigenvalue weighted by molar-refractivity contribution is 5.85. The molecular weight excluding hydrogens is 274 g/mol. The molecule has 0 unspecified atom stereocenters. The zero-order chi connectivity index (χ0) is 13.7. The molecule has 1 aromatic rings. The predicted molar refractivity (Wildman–Crippen MR) is 72.0 cm³/mol. The van der Waals surface area contributed by atoms with E-state index >= 15 is 0 Å². The Morgan fingerprint density at radius 3 is 2.11 bits per heavy atom. The van der Waals surface area contributed by atoms with Gasteiger partial charge in [0.05, 0.1) is 33.3 Å². The number of aromatic hydroxyl groups is 1. The Kier molecular flexibility index (Phi) is 7.03. The summed E-state index contributed by atoms with van der Waals surface area (Å²) in [6.07, 6.45) is -0.00596. The molecule has 0 aliphatic heterocycles. The van der Waals surface area contributed by atoms with Crippen LogP contribution in [0.5, 0.6) is 17.2 Å². The summed E-state index contributed by atoms with van der Waals surface area (Å²) in [7, 11) is 4.19. The molecule has 0 aliphatic carbocycles. The molecule has 108 valence electrons. The lowest BCUT2D eigenvalue weighted by molar-refractivity contribution is -0.141. The molecule has 0 aliphatic rings. The lowest BCUT2D eigenvalue weighted by Gasteiger charge is -2.18. The molecule has 0 heterocycles. The first-order chi connectivity index (χ1) is 8.53. The molecule has 19 heavy (non-hydrogen) atoms. The van der Waals surface area contributed by atoms with Crippen molar-refractivity contribution in [2.24, 2.45) is 5.73 Å². The van der Waals surface area contributed by atoms with Crippen LogP contribution in [0.4, 0.5) is 0 Å². The van der Waals surface area contributed by atoms with Crippen LogP contribution in [0, 0.1) is 0 Å². The van der Waals surface area contributed by atoms with Gasteiger partial charge in [-0.1, -0.05) is 0 Å². The molecular formula is C12H18ClNO5. The number of benzene rings is 1. The standard InChI is InChI=1S/C12H17NO5.ClH/c1-16-9-4-7(14)5-10(17-2)12(9)8(13)6-11(15)18-3;/h4-5,8,14H,6,13H2,1-3H3;1H/t8-;/m0./s1. The number of methoxy groups -OCH3 is 3. The summed E-state index contributed by atoms with van der Waals surface area (Å²) in [6, 6.07) is 2.19.